The molecule has 30 heavy (non-hydrogen) atoms. The van der Waals surface area contributed by atoms with E-state index in [9.17, 15) is 4.79 Å². The largest absolute Gasteiger partial charge is 0.494 e. The standard InChI is InChI=1S/C25H23N3O2/c1-2-3-17-30-21-15-13-19(14-16-21)18-26-28-24(20-9-5-4-6-10-20)27-23-12-8-7-11-22(23)25(28)29/h4-16,18H,2-3,17H2,1H3/b26-18+. The Kier molecular flexibility index (Phi) is 5.99. The fourth-order valence-corrected chi connectivity index (χ4v) is 3.11. The molecule has 0 spiro atoms. The van der Waals surface area contributed by atoms with Gasteiger partial charge in [0.25, 0.3) is 5.56 Å². The summed E-state index contributed by atoms with van der Waals surface area (Å²) in [5.74, 6) is 1.34. The summed E-state index contributed by atoms with van der Waals surface area (Å²) in [6.45, 7) is 2.85. The molecule has 0 aliphatic rings. The highest BCUT2D eigenvalue weighted by Gasteiger charge is 2.11. The monoisotopic (exact) mass is 397 g/mol. The SMILES string of the molecule is CCCCOc1ccc(/C=N/n2c(-c3ccccc3)nc3ccccc3c2=O)cc1. The van der Waals surface area contributed by atoms with Gasteiger partial charge in [-0.05, 0) is 48.4 Å². The quantitative estimate of drug-likeness (QED) is 0.321. The second kappa shape index (κ2) is 9.18. The molecule has 0 aliphatic carbocycles. The van der Waals surface area contributed by atoms with E-state index in [2.05, 4.69) is 12.0 Å². The molecule has 0 amide bonds. The summed E-state index contributed by atoms with van der Waals surface area (Å²) in [6, 6.07) is 24.6. The van der Waals surface area contributed by atoms with Gasteiger partial charge >= 0.3 is 0 Å². The number of fused-ring (bicyclic) bond motifs is 1. The Hall–Kier alpha value is -3.73. The molecule has 5 nitrogen and oxygen atoms in total. The van der Waals surface area contributed by atoms with Crippen LogP contribution in [0.4, 0.5) is 0 Å². The van der Waals surface area contributed by atoms with Gasteiger partial charge in [-0.1, -0.05) is 55.8 Å². The molecule has 0 bridgehead atoms. The zero-order valence-electron chi connectivity index (χ0n) is 16.9. The Labute approximate surface area is 175 Å². The number of para-hydroxylation sites is 1. The van der Waals surface area contributed by atoms with Crippen LogP contribution < -0.4 is 10.3 Å². The molecule has 3 aromatic carbocycles. The van der Waals surface area contributed by atoms with Crippen molar-refractivity contribution in [3.8, 4) is 17.1 Å². The van der Waals surface area contributed by atoms with Crippen LogP contribution in [0.15, 0.2) is 88.8 Å². The maximum absolute atomic E-state index is 13.1. The van der Waals surface area contributed by atoms with E-state index in [0.717, 1.165) is 29.7 Å². The number of nitrogens with zero attached hydrogens (tertiary/aromatic N) is 3. The molecule has 0 aliphatic heterocycles. The van der Waals surface area contributed by atoms with Gasteiger partial charge in [0.1, 0.15) is 5.75 Å². The highest BCUT2D eigenvalue weighted by Crippen LogP contribution is 2.19. The lowest BCUT2D eigenvalue weighted by molar-refractivity contribution is 0.309. The zero-order valence-corrected chi connectivity index (χ0v) is 16.9. The second-order valence-electron chi connectivity index (χ2n) is 6.95. The average Bonchev–Trinajstić information content (AvgIpc) is 2.80. The minimum atomic E-state index is -0.199. The number of benzene rings is 3. The number of aromatic nitrogens is 2. The van der Waals surface area contributed by atoms with Crippen molar-refractivity contribution in [1.29, 1.82) is 0 Å². The van der Waals surface area contributed by atoms with Crippen molar-refractivity contribution in [3.63, 3.8) is 0 Å². The molecule has 0 N–H and O–H groups in total. The van der Waals surface area contributed by atoms with Crippen molar-refractivity contribution in [3.05, 3.63) is 94.8 Å². The van der Waals surface area contributed by atoms with E-state index in [1.165, 1.54) is 4.68 Å². The van der Waals surface area contributed by atoms with Gasteiger partial charge < -0.3 is 4.74 Å². The minimum Gasteiger partial charge on any atom is -0.494 e. The first kappa shape index (κ1) is 19.6. The number of unbranched alkanes of at least 4 members (excludes halogenated alkanes) is 1. The molecule has 5 heteroatoms. The Morgan fingerprint density at radius 2 is 1.70 bits per heavy atom. The van der Waals surface area contributed by atoms with E-state index in [0.29, 0.717) is 23.3 Å². The Balaban J connectivity index is 1.71. The van der Waals surface area contributed by atoms with Crippen LogP contribution in [0.1, 0.15) is 25.3 Å². The Bertz CT molecular complexity index is 1210. The smallest absolute Gasteiger partial charge is 0.282 e. The summed E-state index contributed by atoms with van der Waals surface area (Å²) in [6.07, 6.45) is 3.80. The lowest BCUT2D eigenvalue weighted by Crippen LogP contribution is -2.20. The number of ether oxygens (including phenoxy) is 1. The van der Waals surface area contributed by atoms with E-state index >= 15 is 0 Å². The molecule has 1 heterocycles. The van der Waals surface area contributed by atoms with Gasteiger partial charge in [0.15, 0.2) is 5.82 Å². The molecular weight excluding hydrogens is 374 g/mol. The van der Waals surface area contributed by atoms with E-state index in [1.807, 2.05) is 72.8 Å². The van der Waals surface area contributed by atoms with Crippen LogP contribution >= 0.6 is 0 Å². The van der Waals surface area contributed by atoms with E-state index in [4.69, 9.17) is 9.72 Å². The summed E-state index contributed by atoms with van der Waals surface area (Å²) in [7, 11) is 0. The predicted octanol–water partition coefficient (Wildman–Crippen LogP) is 5.12. The second-order valence-corrected chi connectivity index (χ2v) is 6.95. The van der Waals surface area contributed by atoms with Crippen LogP contribution in [0.2, 0.25) is 0 Å². The number of hydrogen-bond acceptors (Lipinski definition) is 4. The van der Waals surface area contributed by atoms with Crippen molar-refractivity contribution >= 4 is 17.1 Å². The van der Waals surface area contributed by atoms with Crippen LogP contribution in [0, 0.1) is 0 Å². The first-order chi connectivity index (χ1) is 14.8. The zero-order chi connectivity index (χ0) is 20.8. The highest BCUT2D eigenvalue weighted by molar-refractivity contribution is 5.82. The molecule has 1 aromatic heterocycles. The van der Waals surface area contributed by atoms with Crippen LogP contribution in [-0.4, -0.2) is 22.5 Å². The molecule has 0 saturated heterocycles. The van der Waals surface area contributed by atoms with E-state index in [-0.39, 0.29) is 5.56 Å². The van der Waals surface area contributed by atoms with Gasteiger partial charge in [-0.25, -0.2) is 4.98 Å². The summed E-state index contributed by atoms with van der Waals surface area (Å²) >= 11 is 0. The molecule has 150 valence electrons. The third-order valence-corrected chi connectivity index (χ3v) is 4.75. The lowest BCUT2D eigenvalue weighted by Gasteiger charge is -2.09. The molecule has 0 fully saturated rings. The van der Waals surface area contributed by atoms with Gasteiger partial charge in [-0.3, -0.25) is 4.79 Å². The van der Waals surface area contributed by atoms with Gasteiger partial charge in [0, 0.05) is 5.56 Å². The molecule has 0 radical (unpaired) electrons. The van der Waals surface area contributed by atoms with Crippen molar-refractivity contribution in [2.24, 2.45) is 5.10 Å². The Morgan fingerprint density at radius 3 is 2.47 bits per heavy atom. The first-order valence-corrected chi connectivity index (χ1v) is 10.1. The number of hydrogen-bond donors (Lipinski definition) is 0. The molecule has 0 atom stereocenters. The average molecular weight is 397 g/mol. The van der Waals surface area contributed by atoms with Gasteiger partial charge in [0.2, 0.25) is 0 Å². The van der Waals surface area contributed by atoms with Gasteiger partial charge in [0.05, 0.1) is 23.7 Å². The predicted molar refractivity (Wildman–Crippen MR) is 121 cm³/mol. The van der Waals surface area contributed by atoms with Crippen LogP contribution in [0.5, 0.6) is 5.75 Å². The fourth-order valence-electron chi connectivity index (χ4n) is 3.11. The van der Waals surface area contributed by atoms with E-state index < -0.39 is 0 Å². The highest BCUT2D eigenvalue weighted by atomic mass is 16.5. The maximum Gasteiger partial charge on any atom is 0.282 e. The third-order valence-electron chi connectivity index (χ3n) is 4.75. The van der Waals surface area contributed by atoms with Crippen LogP contribution in [0.25, 0.3) is 22.3 Å². The Morgan fingerprint density at radius 1 is 0.967 bits per heavy atom. The van der Waals surface area contributed by atoms with Crippen molar-refractivity contribution < 1.29 is 4.74 Å². The van der Waals surface area contributed by atoms with E-state index in [1.54, 1.807) is 12.3 Å². The molecular formula is C25H23N3O2. The van der Waals surface area contributed by atoms with Gasteiger partial charge in [-0.15, -0.1) is 0 Å². The van der Waals surface area contributed by atoms with Crippen LogP contribution in [-0.2, 0) is 0 Å². The van der Waals surface area contributed by atoms with Crippen LogP contribution in [0.3, 0.4) is 0 Å². The summed E-state index contributed by atoms with van der Waals surface area (Å²) in [4.78, 5) is 17.8. The molecule has 0 saturated carbocycles. The summed E-state index contributed by atoms with van der Waals surface area (Å²) < 4.78 is 7.06. The fraction of sp³-hybridized carbons (Fsp3) is 0.160. The molecule has 4 rings (SSSR count). The topological polar surface area (TPSA) is 56.5 Å². The molecule has 0 unspecified atom stereocenters. The minimum absolute atomic E-state index is 0.199. The first-order valence-electron chi connectivity index (χ1n) is 10.1. The van der Waals surface area contributed by atoms with Crippen molar-refractivity contribution in [2.45, 2.75) is 19.8 Å². The third kappa shape index (κ3) is 4.30. The normalized spacial score (nSPS) is 11.2. The summed E-state index contributed by atoms with van der Waals surface area (Å²) in [5.41, 5.74) is 2.16. The number of rotatable bonds is 7. The van der Waals surface area contributed by atoms with Gasteiger partial charge in [-0.2, -0.15) is 9.78 Å². The molecule has 4 aromatic rings. The summed E-state index contributed by atoms with van der Waals surface area (Å²) in [5, 5.41) is 5.02. The lowest BCUT2D eigenvalue weighted by atomic mass is 10.2. The maximum atomic E-state index is 13.1. The van der Waals surface area contributed by atoms with Crippen molar-refractivity contribution in [2.75, 3.05) is 6.61 Å². The van der Waals surface area contributed by atoms with Crippen molar-refractivity contribution in [1.82, 2.24) is 9.66 Å².